The van der Waals surface area contributed by atoms with E-state index in [2.05, 4.69) is 57.8 Å². The normalized spacial score (nSPS) is 18.5. The zero-order valence-electron chi connectivity index (χ0n) is 8.96. The molecule has 3 heteroatoms. The van der Waals surface area contributed by atoms with E-state index in [-0.39, 0.29) is 0 Å². The molecular formula is C12H17BrN2. The summed E-state index contributed by atoms with van der Waals surface area (Å²) >= 11 is 3.45. The van der Waals surface area contributed by atoms with Gasteiger partial charge in [0.1, 0.15) is 0 Å². The second-order valence-corrected chi connectivity index (χ2v) is 5.13. The van der Waals surface area contributed by atoms with Crippen molar-refractivity contribution in [2.45, 2.75) is 18.9 Å². The molecular weight excluding hydrogens is 252 g/mol. The zero-order valence-corrected chi connectivity index (χ0v) is 10.5. The molecule has 1 aliphatic rings. The fraction of sp³-hybridized carbons (Fsp3) is 0.500. The van der Waals surface area contributed by atoms with Crippen LogP contribution in [0.3, 0.4) is 0 Å². The lowest BCUT2D eigenvalue weighted by Crippen LogP contribution is -2.55. The van der Waals surface area contributed by atoms with Crippen molar-refractivity contribution in [3.05, 3.63) is 34.3 Å². The van der Waals surface area contributed by atoms with Gasteiger partial charge in [0.25, 0.3) is 0 Å². The standard InChI is InChI=1S/C12H17BrN2/c1-9(6-15-12-7-14-8-12)10-2-4-11(13)5-3-10/h2-5,9,12,14-15H,6-8H2,1H3. The lowest BCUT2D eigenvalue weighted by Gasteiger charge is -2.29. The van der Waals surface area contributed by atoms with E-state index in [9.17, 15) is 0 Å². The van der Waals surface area contributed by atoms with Gasteiger partial charge in [0.2, 0.25) is 0 Å². The molecule has 1 aromatic rings. The summed E-state index contributed by atoms with van der Waals surface area (Å²) in [4.78, 5) is 0. The number of rotatable bonds is 4. The van der Waals surface area contributed by atoms with Crippen LogP contribution in [-0.2, 0) is 0 Å². The van der Waals surface area contributed by atoms with Gasteiger partial charge in [-0.3, -0.25) is 0 Å². The van der Waals surface area contributed by atoms with Crippen molar-refractivity contribution in [3.8, 4) is 0 Å². The maximum atomic E-state index is 3.56. The Hall–Kier alpha value is -0.380. The smallest absolute Gasteiger partial charge is 0.0317 e. The minimum Gasteiger partial charge on any atom is -0.314 e. The second kappa shape index (κ2) is 5.10. The van der Waals surface area contributed by atoms with Crippen molar-refractivity contribution in [1.82, 2.24) is 10.6 Å². The van der Waals surface area contributed by atoms with Crippen LogP contribution in [0.2, 0.25) is 0 Å². The van der Waals surface area contributed by atoms with Gasteiger partial charge in [0, 0.05) is 30.1 Å². The molecule has 2 rings (SSSR count). The summed E-state index contributed by atoms with van der Waals surface area (Å²) in [7, 11) is 0. The number of nitrogens with one attached hydrogen (secondary N) is 2. The minimum absolute atomic E-state index is 0.582. The zero-order chi connectivity index (χ0) is 10.7. The van der Waals surface area contributed by atoms with Crippen LogP contribution in [0.5, 0.6) is 0 Å². The van der Waals surface area contributed by atoms with E-state index >= 15 is 0 Å². The van der Waals surface area contributed by atoms with Crippen molar-refractivity contribution < 1.29 is 0 Å². The fourth-order valence-electron chi connectivity index (χ4n) is 1.69. The van der Waals surface area contributed by atoms with Gasteiger partial charge in [-0.1, -0.05) is 35.0 Å². The number of benzene rings is 1. The number of hydrogen-bond donors (Lipinski definition) is 2. The third kappa shape index (κ3) is 3.03. The summed E-state index contributed by atoms with van der Waals surface area (Å²) in [5.41, 5.74) is 1.40. The van der Waals surface area contributed by atoms with Crippen LogP contribution in [0.4, 0.5) is 0 Å². The molecule has 1 heterocycles. The summed E-state index contributed by atoms with van der Waals surface area (Å²) < 4.78 is 1.15. The first-order valence-electron chi connectivity index (χ1n) is 5.45. The molecule has 0 aromatic heterocycles. The molecule has 1 saturated heterocycles. The van der Waals surface area contributed by atoms with Gasteiger partial charge in [-0.2, -0.15) is 0 Å². The van der Waals surface area contributed by atoms with Crippen LogP contribution >= 0.6 is 15.9 Å². The van der Waals surface area contributed by atoms with Crippen LogP contribution in [0.1, 0.15) is 18.4 Å². The van der Waals surface area contributed by atoms with E-state index in [1.165, 1.54) is 5.56 Å². The predicted molar refractivity (Wildman–Crippen MR) is 67.2 cm³/mol. The monoisotopic (exact) mass is 268 g/mol. The average Bonchev–Trinajstić information content (AvgIpc) is 2.16. The minimum atomic E-state index is 0.582. The van der Waals surface area contributed by atoms with Crippen LogP contribution in [0, 0.1) is 0 Å². The molecule has 0 aliphatic carbocycles. The molecule has 0 spiro atoms. The lowest BCUT2D eigenvalue weighted by molar-refractivity contribution is 0.360. The molecule has 0 bridgehead atoms. The van der Waals surface area contributed by atoms with Crippen LogP contribution < -0.4 is 10.6 Å². The van der Waals surface area contributed by atoms with E-state index in [0.717, 1.165) is 24.1 Å². The maximum Gasteiger partial charge on any atom is 0.0317 e. The fourth-order valence-corrected chi connectivity index (χ4v) is 1.95. The quantitative estimate of drug-likeness (QED) is 0.874. The van der Waals surface area contributed by atoms with Crippen molar-refractivity contribution in [2.24, 2.45) is 0 Å². The molecule has 82 valence electrons. The third-order valence-electron chi connectivity index (χ3n) is 2.93. The van der Waals surface area contributed by atoms with E-state index in [0.29, 0.717) is 12.0 Å². The molecule has 1 fully saturated rings. The largest absolute Gasteiger partial charge is 0.314 e. The lowest BCUT2D eigenvalue weighted by atomic mass is 10.0. The molecule has 2 nitrogen and oxygen atoms in total. The highest BCUT2D eigenvalue weighted by molar-refractivity contribution is 9.10. The Balaban J connectivity index is 1.83. The Morgan fingerprint density at radius 1 is 1.40 bits per heavy atom. The van der Waals surface area contributed by atoms with Crippen molar-refractivity contribution in [2.75, 3.05) is 19.6 Å². The van der Waals surface area contributed by atoms with Crippen molar-refractivity contribution in [1.29, 1.82) is 0 Å². The molecule has 0 amide bonds. The highest BCUT2D eigenvalue weighted by Gasteiger charge is 2.16. The van der Waals surface area contributed by atoms with Crippen LogP contribution in [-0.4, -0.2) is 25.7 Å². The van der Waals surface area contributed by atoms with Crippen molar-refractivity contribution in [3.63, 3.8) is 0 Å². The molecule has 2 N–H and O–H groups in total. The van der Waals surface area contributed by atoms with Gasteiger partial charge < -0.3 is 10.6 Å². The van der Waals surface area contributed by atoms with Gasteiger partial charge in [-0.15, -0.1) is 0 Å². The molecule has 1 unspecified atom stereocenters. The Bertz CT molecular complexity index is 306. The summed E-state index contributed by atoms with van der Waals surface area (Å²) in [6, 6.07) is 9.28. The first-order chi connectivity index (χ1) is 7.25. The van der Waals surface area contributed by atoms with Gasteiger partial charge >= 0.3 is 0 Å². The van der Waals surface area contributed by atoms with Gasteiger partial charge in [0.15, 0.2) is 0 Å². The molecule has 1 aromatic carbocycles. The van der Waals surface area contributed by atoms with Crippen molar-refractivity contribution >= 4 is 15.9 Å². The SMILES string of the molecule is CC(CNC1CNC1)c1ccc(Br)cc1. The Kier molecular flexibility index (Phi) is 3.78. The van der Waals surface area contributed by atoms with E-state index < -0.39 is 0 Å². The van der Waals surface area contributed by atoms with Gasteiger partial charge in [-0.25, -0.2) is 0 Å². The van der Waals surface area contributed by atoms with Crippen LogP contribution in [0.25, 0.3) is 0 Å². The van der Waals surface area contributed by atoms with E-state index in [1.54, 1.807) is 0 Å². The van der Waals surface area contributed by atoms with E-state index in [4.69, 9.17) is 0 Å². The van der Waals surface area contributed by atoms with Crippen LogP contribution in [0.15, 0.2) is 28.7 Å². The summed E-state index contributed by atoms with van der Waals surface area (Å²) in [6.07, 6.45) is 0. The Labute approximate surface area is 99.6 Å². The molecule has 0 radical (unpaired) electrons. The summed E-state index contributed by atoms with van der Waals surface area (Å²) in [5.74, 6) is 0.582. The maximum absolute atomic E-state index is 3.56. The Morgan fingerprint density at radius 3 is 2.60 bits per heavy atom. The molecule has 15 heavy (non-hydrogen) atoms. The van der Waals surface area contributed by atoms with Gasteiger partial charge in [-0.05, 0) is 23.6 Å². The molecule has 0 saturated carbocycles. The first-order valence-corrected chi connectivity index (χ1v) is 6.24. The molecule has 1 aliphatic heterocycles. The van der Waals surface area contributed by atoms with Gasteiger partial charge in [0.05, 0.1) is 0 Å². The highest BCUT2D eigenvalue weighted by atomic mass is 79.9. The average molecular weight is 269 g/mol. The number of hydrogen-bond acceptors (Lipinski definition) is 2. The third-order valence-corrected chi connectivity index (χ3v) is 3.46. The Morgan fingerprint density at radius 2 is 2.07 bits per heavy atom. The first kappa shape index (κ1) is 11.1. The topological polar surface area (TPSA) is 24.1 Å². The predicted octanol–water partition coefficient (Wildman–Crippen LogP) is 2.11. The molecule has 1 atom stereocenters. The highest BCUT2D eigenvalue weighted by Crippen LogP contribution is 2.17. The second-order valence-electron chi connectivity index (χ2n) is 4.22. The van der Waals surface area contributed by atoms with E-state index in [1.807, 2.05) is 0 Å². The summed E-state index contributed by atoms with van der Waals surface area (Å²) in [5, 5.41) is 6.82. The summed E-state index contributed by atoms with van der Waals surface area (Å²) in [6.45, 7) is 5.57. The number of halogens is 1.